The van der Waals surface area contributed by atoms with Crippen LogP contribution in [0.25, 0.3) is 0 Å². The normalized spacial score (nSPS) is 14.3. The van der Waals surface area contributed by atoms with Crippen molar-refractivity contribution in [3.63, 3.8) is 0 Å². The first-order valence-corrected chi connectivity index (χ1v) is 5.72. The van der Waals surface area contributed by atoms with Crippen LogP contribution in [-0.4, -0.2) is 28.3 Å². The molecule has 1 aromatic rings. The van der Waals surface area contributed by atoms with Gasteiger partial charge in [-0.2, -0.15) is 0 Å². The first kappa shape index (κ1) is 11.6. The molecule has 0 aromatic carbocycles. The molecule has 1 aromatic heterocycles. The van der Waals surface area contributed by atoms with Gasteiger partial charge in [0.1, 0.15) is 0 Å². The van der Waals surface area contributed by atoms with E-state index in [2.05, 4.69) is 10.3 Å². The van der Waals surface area contributed by atoms with Crippen molar-refractivity contribution in [2.45, 2.75) is 38.8 Å². The quantitative estimate of drug-likeness (QED) is 0.779. The zero-order valence-corrected chi connectivity index (χ0v) is 9.77. The Labute approximate surface area is 89.2 Å². The van der Waals surface area contributed by atoms with Crippen LogP contribution < -0.4 is 5.32 Å². The average Bonchev–Trinajstić information content (AvgIpc) is 2.55. The Morgan fingerprint density at radius 3 is 2.86 bits per heavy atom. The number of nitrogens with zero attached hydrogens (tertiary/aromatic N) is 1. The number of nitrogens with one attached hydrogen (secondary N) is 1. The minimum atomic E-state index is -0.664. The van der Waals surface area contributed by atoms with Crippen molar-refractivity contribution >= 4 is 11.3 Å². The predicted octanol–water partition coefficient (Wildman–Crippen LogP) is 1.43. The molecule has 0 fully saturated rings. The monoisotopic (exact) mass is 214 g/mol. The summed E-state index contributed by atoms with van der Waals surface area (Å²) < 4.78 is 0. The van der Waals surface area contributed by atoms with Crippen molar-refractivity contribution in [3.8, 4) is 0 Å². The van der Waals surface area contributed by atoms with E-state index >= 15 is 0 Å². The molecule has 0 radical (unpaired) electrons. The highest BCUT2D eigenvalue weighted by atomic mass is 32.1. The number of aromatic nitrogens is 1. The lowest BCUT2D eigenvalue weighted by Gasteiger charge is -2.26. The van der Waals surface area contributed by atoms with Gasteiger partial charge in [-0.25, -0.2) is 4.98 Å². The minimum absolute atomic E-state index is 0.0995. The minimum Gasteiger partial charge on any atom is -0.389 e. The van der Waals surface area contributed by atoms with E-state index < -0.39 is 5.60 Å². The molecular formula is C10H18N2OS. The van der Waals surface area contributed by atoms with E-state index in [1.807, 2.05) is 32.3 Å². The van der Waals surface area contributed by atoms with Gasteiger partial charge >= 0.3 is 0 Å². The number of thiazole rings is 1. The third-order valence-electron chi connectivity index (χ3n) is 2.33. The fourth-order valence-electron chi connectivity index (χ4n) is 1.02. The molecule has 14 heavy (non-hydrogen) atoms. The van der Waals surface area contributed by atoms with Crippen LogP contribution in [0.4, 0.5) is 0 Å². The van der Waals surface area contributed by atoms with Gasteiger partial charge in [-0.05, 0) is 20.8 Å². The fraction of sp³-hybridized carbons (Fsp3) is 0.700. The van der Waals surface area contributed by atoms with Crippen LogP contribution in [0.15, 0.2) is 11.6 Å². The molecule has 0 spiro atoms. The zero-order valence-electron chi connectivity index (χ0n) is 8.95. The van der Waals surface area contributed by atoms with Crippen molar-refractivity contribution in [2.75, 3.05) is 6.54 Å². The van der Waals surface area contributed by atoms with E-state index in [0.717, 1.165) is 18.0 Å². The zero-order chi connectivity index (χ0) is 10.6. The van der Waals surface area contributed by atoms with Gasteiger partial charge in [-0.3, -0.25) is 0 Å². The van der Waals surface area contributed by atoms with Crippen molar-refractivity contribution in [3.05, 3.63) is 16.6 Å². The Morgan fingerprint density at radius 1 is 1.64 bits per heavy atom. The van der Waals surface area contributed by atoms with Crippen molar-refractivity contribution in [2.24, 2.45) is 0 Å². The van der Waals surface area contributed by atoms with Gasteiger partial charge < -0.3 is 10.4 Å². The van der Waals surface area contributed by atoms with E-state index in [1.165, 1.54) is 0 Å². The molecule has 0 aliphatic heterocycles. The largest absolute Gasteiger partial charge is 0.389 e. The molecular weight excluding hydrogens is 196 g/mol. The second-order valence-electron chi connectivity index (χ2n) is 4.01. The summed E-state index contributed by atoms with van der Waals surface area (Å²) in [5, 5.41) is 16.1. The van der Waals surface area contributed by atoms with Gasteiger partial charge in [-0.1, -0.05) is 0 Å². The smallest absolute Gasteiger partial charge is 0.0937 e. The molecule has 0 aliphatic carbocycles. The third kappa shape index (κ3) is 3.74. The van der Waals surface area contributed by atoms with Gasteiger partial charge in [0.25, 0.3) is 0 Å². The number of hydrogen-bond acceptors (Lipinski definition) is 4. The number of rotatable bonds is 5. The second-order valence-corrected chi connectivity index (χ2v) is 4.98. The summed E-state index contributed by atoms with van der Waals surface area (Å²) >= 11 is 1.67. The maximum atomic E-state index is 9.67. The molecule has 2 N–H and O–H groups in total. The lowest BCUT2D eigenvalue weighted by molar-refractivity contribution is 0.0446. The van der Waals surface area contributed by atoms with E-state index in [0.29, 0.717) is 0 Å². The highest BCUT2D eigenvalue weighted by Crippen LogP contribution is 2.08. The first-order chi connectivity index (χ1) is 6.50. The van der Waals surface area contributed by atoms with Crippen LogP contribution >= 0.6 is 11.3 Å². The van der Waals surface area contributed by atoms with Crippen LogP contribution in [0.5, 0.6) is 0 Å². The van der Waals surface area contributed by atoms with Crippen molar-refractivity contribution in [1.82, 2.24) is 10.3 Å². The second kappa shape index (κ2) is 4.87. The first-order valence-electron chi connectivity index (χ1n) is 4.84. The summed E-state index contributed by atoms with van der Waals surface area (Å²) in [6, 6.07) is 0.0995. The summed E-state index contributed by atoms with van der Waals surface area (Å²) in [5.41, 5.74) is -0.664. The molecule has 0 aliphatic rings. The van der Waals surface area contributed by atoms with Crippen molar-refractivity contribution in [1.29, 1.82) is 0 Å². The molecule has 4 heteroatoms. The summed E-state index contributed by atoms with van der Waals surface area (Å²) in [5.74, 6) is 0. The molecule has 1 atom stereocenters. The van der Waals surface area contributed by atoms with Crippen LogP contribution in [0.2, 0.25) is 0 Å². The van der Waals surface area contributed by atoms with Gasteiger partial charge in [0.2, 0.25) is 0 Å². The van der Waals surface area contributed by atoms with Gasteiger partial charge in [0.05, 0.1) is 10.6 Å². The van der Waals surface area contributed by atoms with Crippen LogP contribution in [0, 0.1) is 0 Å². The highest BCUT2D eigenvalue weighted by molar-refractivity contribution is 7.09. The average molecular weight is 214 g/mol. The molecule has 0 amide bonds. The molecule has 0 bridgehead atoms. The Bertz CT molecular complexity index is 254. The van der Waals surface area contributed by atoms with Gasteiger partial charge in [0, 0.05) is 30.6 Å². The third-order valence-corrected chi connectivity index (χ3v) is 3.17. The molecule has 1 unspecified atom stereocenters. The SMILES string of the molecule is CC(NCCc1nccs1)C(C)(C)O. The topological polar surface area (TPSA) is 45.2 Å². The molecule has 1 rings (SSSR count). The molecule has 0 saturated heterocycles. The Hall–Kier alpha value is -0.450. The van der Waals surface area contributed by atoms with Crippen LogP contribution in [0.3, 0.4) is 0 Å². The Kier molecular flexibility index (Phi) is 4.04. The van der Waals surface area contributed by atoms with E-state index in [-0.39, 0.29) is 6.04 Å². The molecule has 0 saturated carbocycles. The molecule has 1 heterocycles. The van der Waals surface area contributed by atoms with Gasteiger partial charge in [0.15, 0.2) is 0 Å². The lowest BCUT2D eigenvalue weighted by Crippen LogP contribution is -2.45. The number of hydrogen-bond donors (Lipinski definition) is 2. The maximum Gasteiger partial charge on any atom is 0.0937 e. The molecule has 3 nitrogen and oxygen atoms in total. The Morgan fingerprint density at radius 2 is 2.36 bits per heavy atom. The van der Waals surface area contributed by atoms with Crippen LogP contribution in [0.1, 0.15) is 25.8 Å². The van der Waals surface area contributed by atoms with Crippen LogP contribution in [-0.2, 0) is 6.42 Å². The van der Waals surface area contributed by atoms with Gasteiger partial charge in [-0.15, -0.1) is 11.3 Å². The summed E-state index contributed by atoms with van der Waals surface area (Å²) in [7, 11) is 0. The highest BCUT2D eigenvalue weighted by Gasteiger charge is 2.21. The summed E-state index contributed by atoms with van der Waals surface area (Å²) in [4.78, 5) is 4.19. The fourth-order valence-corrected chi connectivity index (χ4v) is 1.64. The summed E-state index contributed by atoms with van der Waals surface area (Å²) in [6.07, 6.45) is 2.75. The van der Waals surface area contributed by atoms with E-state index in [9.17, 15) is 5.11 Å². The maximum absolute atomic E-state index is 9.67. The van der Waals surface area contributed by atoms with E-state index in [1.54, 1.807) is 11.3 Å². The number of aliphatic hydroxyl groups is 1. The summed E-state index contributed by atoms with van der Waals surface area (Å²) in [6.45, 7) is 6.47. The van der Waals surface area contributed by atoms with Crippen molar-refractivity contribution < 1.29 is 5.11 Å². The molecule has 80 valence electrons. The predicted molar refractivity (Wildman–Crippen MR) is 59.6 cm³/mol. The standard InChI is InChI=1S/C10H18N2OS/c1-8(10(2,3)13)11-5-4-9-12-6-7-14-9/h6-8,11,13H,4-5H2,1-3H3. The Balaban J connectivity index is 2.22. The van der Waals surface area contributed by atoms with E-state index in [4.69, 9.17) is 0 Å². The lowest BCUT2D eigenvalue weighted by atomic mass is 10.0.